The van der Waals surface area contributed by atoms with Crippen LogP contribution in [0, 0.1) is 0 Å². The predicted octanol–water partition coefficient (Wildman–Crippen LogP) is 3.55. The standard InChI is InChI=1S/C15H17ClN2OS2/c1-18(10-13-6-7-14(16)21-13)8-9-19-12-4-2-11(3-5-12)15(17)20/h2-7H,8-10H2,1H3,(H2,17,20). The highest BCUT2D eigenvalue weighted by Crippen LogP contribution is 2.22. The Kier molecular flexibility index (Phi) is 5.99. The van der Waals surface area contributed by atoms with Gasteiger partial charge in [0.05, 0.1) is 4.34 Å². The molecule has 0 atom stereocenters. The van der Waals surface area contributed by atoms with E-state index in [1.807, 2.05) is 30.3 Å². The Morgan fingerprint density at radius 1 is 1.29 bits per heavy atom. The molecule has 0 fully saturated rings. The van der Waals surface area contributed by atoms with Crippen LogP contribution in [0.5, 0.6) is 5.75 Å². The van der Waals surface area contributed by atoms with Gasteiger partial charge in [-0.15, -0.1) is 11.3 Å². The van der Waals surface area contributed by atoms with Crippen LogP contribution in [0.2, 0.25) is 4.34 Å². The molecule has 0 amide bonds. The van der Waals surface area contributed by atoms with Crippen molar-refractivity contribution in [3.8, 4) is 5.75 Å². The fourth-order valence-electron chi connectivity index (χ4n) is 1.82. The second kappa shape index (κ2) is 7.75. The number of rotatable bonds is 7. The average molecular weight is 341 g/mol. The van der Waals surface area contributed by atoms with Crippen molar-refractivity contribution in [3.63, 3.8) is 0 Å². The normalized spacial score (nSPS) is 10.8. The van der Waals surface area contributed by atoms with Gasteiger partial charge < -0.3 is 10.5 Å². The number of halogens is 1. The Balaban J connectivity index is 1.74. The van der Waals surface area contributed by atoms with Crippen LogP contribution in [0.4, 0.5) is 0 Å². The lowest BCUT2D eigenvalue weighted by molar-refractivity contribution is 0.234. The molecule has 0 aliphatic rings. The Morgan fingerprint density at radius 2 is 2.00 bits per heavy atom. The SMILES string of the molecule is CN(CCOc1ccc(C(N)=S)cc1)Cc1ccc(Cl)s1. The van der Waals surface area contributed by atoms with E-state index in [0.717, 1.165) is 28.7 Å². The van der Waals surface area contributed by atoms with Crippen molar-refractivity contribution >= 4 is 40.1 Å². The van der Waals surface area contributed by atoms with Crippen molar-refractivity contribution in [2.75, 3.05) is 20.2 Å². The summed E-state index contributed by atoms with van der Waals surface area (Å²) >= 11 is 12.4. The maximum atomic E-state index is 5.92. The molecular weight excluding hydrogens is 324 g/mol. The number of nitrogens with two attached hydrogens (primary N) is 1. The van der Waals surface area contributed by atoms with Crippen LogP contribution < -0.4 is 10.5 Å². The van der Waals surface area contributed by atoms with Gasteiger partial charge in [0.25, 0.3) is 0 Å². The summed E-state index contributed by atoms with van der Waals surface area (Å²) in [6.45, 7) is 2.34. The van der Waals surface area contributed by atoms with E-state index >= 15 is 0 Å². The van der Waals surface area contributed by atoms with E-state index in [-0.39, 0.29) is 0 Å². The first-order valence-electron chi connectivity index (χ1n) is 6.50. The van der Waals surface area contributed by atoms with Crippen molar-refractivity contribution in [2.45, 2.75) is 6.54 Å². The molecule has 1 aromatic carbocycles. The molecule has 2 rings (SSSR count). The van der Waals surface area contributed by atoms with E-state index in [2.05, 4.69) is 18.0 Å². The highest BCUT2D eigenvalue weighted by molar-refractivity contribution is 7.80. The van der Waals surface area contributed by atoms with Gasteiger partial charge in [-0.05, 0) is 43.4 Å². The Hall–Kier alpha value is -1.14. The average Bonchev–Trinajstić information content (AvgIpc) is 2.84. The molecule has 0 radical (unpaired) electrons. The molecule has 1 aromatic heterocycles. The van der Waals surface area contributed by atoms with Gasteiger partial charge >= 0.3 is 0 Å². The van der Waals surface area contributed by atoms with E-state index in [4.69, 9.17) is 34.3 Å². The minimum Gasteiger partial charge on any atom is -0.492 e. The van der Waals surface area contributed by atoms with Crippen molar-refractivity contribution in [3.05, 3.63) is 51.2 Å². The topological polar surface area (TPSA) is 38.5 Å². The second-order valence-corrected chi connectivity index (χ2v) is 6.92. The lowest BCUT2D eigenvalue weighted by atomic mass is 10.2. The van der Waals surface area contributed by atoms with Crippen LogP contribution in [-0.2, 0) is 6.54 Å². The molecule has 0 saturated carbocycles. The highest BCUT2D eigenvalue weighted by atomic mass is 35.5. The summed E-state index contributed by atoms with van der Waals surface area (Å²) in [7, 11) is 2.06. The van der Waals surface area contributed by atoms with E-state index < -0.39 is 0 Å². The minimum absolute atomic E-state index is 0.399. The zero-order chi connectivity index (χ0) is 15.2. The summed E-state index contributed by atoms with van der Waals surface area (Å²) in [5, 5.41) is 0. The Labute approximate surface area is 139 Å². The summed E-state index contributed by atoms with van der Waals surface area (Å²) in [5.41, 5.74) is 6.41. The van der Waals surface area contributed by atoms with Gasteiger partial charge in [-0.2, -0.15) is 0 Å². The molecule has 0 spiro atoms. The zero-order valence-corrected chi connectivity index (χ0v) is 14.1. The molecule has 6 heteroatoms. The number of thiophene rings is 1. The van der Waals surface area contributed by atoms with Crippen LogP contribution in [0.3, 0.4) is 0 Å². The maximum Gasteiger partial charge on any atom is 0.119 e. The lowest BCUT2D eigenvalue weighted by Gasteiger charge is -2.16. The number of hydrogen-bond acceptors (Lipinski definition) is 4. The van der Waals surface area contributed by atoms with Crippen molar-refractivity contribution in [2.24, 2.45) is 5.73 Å². The number of nitrogens with zero attached hydrogens (tertiary/aromatic N) is 1. The quantitative estimate of drug-likeness (QED) is 0.782. The third-order valence-corrected chi connectivity index (χ3v) is 4.39. The monoisotopic (exact) mass is 340 g/mol. The van der Waals surface area contributed by atoms with Crippen LogP contribution in [0.1, 0.15) is 10.4 Å². The maximum absolute atomic E-state index is 5.92. The molecule has 3 nitrogen and oxygen atoms in total. The first kappa shape index (κ1) is 16.2. The number of ether oxygens (including phenoxy) is 1. The summed E-state index contributed by atoms with van der Waals surface area (Å²) in [5.74, 6) is 0.822. The molecule has 0 bridgehead atoms. The number of thiocarbonyl (C=S) groups is 1. The Bertz CT molecular complexity index is 598. The molecule has 21 heavy (non-hydrogen) atoms. The van der Waals surface area contributed by atoms with Gasteiger partial charge in [0, 0.05) is 23.5 Å². The molecule has 0 aliphatic carbocycles. The summed E-state index contributed by atoms with van der Waals surface area (Å²) < 4.78 is 6.53. The van der Waals surface area contributed by atoms with Gasteiger partial charge in [0.15, 0.2) is 0 Å². The zero-order valence-electron chi connectivity index (χ0n) is 11.7. The lowest BCUT2D eigenvalue weighted by Crippen LogP contribution is -2.23. The van der Waals surface area contributed by atoms with E-state index in [1.165, 1.54) is 4.88 Å². The fraction of sp³-hybridized carbons (Fsp3) is 0.267. The molecular formula is C15H17ClN2OS2. The van der Waals surface area contributed by atoms with Gasteiger partial charge in [-0.3, -0.25) is 4.90 Å². The molecule has 0 aliphatic heterocycles. The molecule has 112 valence electrons. The first-order chi connectivity index (χ1) is 10.0. The summed E-state index contributed by atoms with van der Waals surface area (Å²) in [6, 6.07) is 11.5. The van der Waals surface area contributed by atoms with Gasteiger partial charge in [-0.1, -0.05) is 23.8 Å². The van der Waals surface area contributed by atoms with Gasteiger partial charge in [0.2, 0.25) is 0 Å². The number of likely N-dealkylation sites (N-methyl/N-ethyl adjacent to an activating group) is 1. The summed E-state index contributed by atoms with van der Waals surface area (Å²) in [6.07, 6.45) is 0. The highest BCUT2D eigenvalue weighted by Gasteiger charge is 2.04. The van der Waals surface area contributed by atoms with Crippen LogP contribution >= 0.6 is 35.2 Å². The van der Waals surface area contributed by atoms with Gasteiger partial charge in [0.1, 0.15) is 17.3 Å². The third kappa shape index (κ3) is 5.28. The molecule has 2 aromatic rings. The second-order valence-electron chi connectivity index (χ2n) is 4.68. The molecule has 0 unspecified atom stereocenters. The number of benzene rings is 1. The molecule has 2 N–H and O–H groups in total. The minimum atomic E-state index is 0.399. The van der Waals surface area contributed by atoms with Crippen molar-refractivity contribution in [1.82, 2.24) is 4.90 Å². The van der Waals surface area contributed by atoms with Crippen LogP contribution in [0.15, 0.2) is 36.4 Å². The fourth-order valence-corrected chi connectivity index (χ4v) is 3.12. The van der Waals surface area contributed by atoms with E-state index in [1.54, 1.807) is 11.3 Å². The van der Waals surface area contributed by atoms with Crippen molar-refractivity contribution in [1.29, 1.82) is 0 Å². The largest absolute Gasteiger partial charge is 0.492 e. The first-order valence-corrected chi connectivity index (χ1v) is 8.10. The van der Waals surface area contributed by atoms with Crippen LogP contribution in [0.25, 0.3) is 0 Å². The van der Waals surface area contributed by atoms with Crippen molar-refractivity contribution < 1.29 is 4.74 Å². The Morgan fingerprint density at radius 3 is 2.57 bits per heavy atom. The third-order valence-electron chi connectivity index (χ3n) is 2.94. The van der Waals surface area contributed by atoms with E-state index in [9.17, 15) is 0 Å². The van der Waals surface area contributed by atoms with E-state index in [0.29, 0.717) is 11.6 Å². The van der Waals surface area contributed by atoms with Crippen LogP contribution in [-0.4, -0.2) is 30.1 Å². The molecule has 0 saturated heterocycles. The number of hydrogen-bond donors (Lipinski definition) is 1. The predicted molar refractivity (Wildman–Crippen MR) is 93.5 cm³/mol. The smallest absolute Gasteiger partial charge is 0.119 e. The molecule has 1 heterocycles. The van der Waals surface area contributed by atoms with Gasteiger partial charge in [-0.25, -0.2) is 0 Å². The summed E-state index contributed by atoms with van der Waals surface area (Å²) in [4.78, 5) is 3.85.